The molecule has 104 valence electrons. The number of carbonyl (C=O) groups excluding carboxylic acids is 1. The van der Waals surface area contributed by atoms with Crippen molar-refractivity contribution in [1.82, 2.24) is 5.32 Å². The van der Waals surface area contributed by atoms with Gasteiger partial charge >= 0.3 is 0 Å². The molecule has 1 amide bonds. The molecule has 2 unspecified atom stereocenters. The third kappa shape index (κ3) is 3.48. The molecule has 1 saturated heterocycles. The monoisotopic (exact) mass is 326 g/mol. The Hall–Kier alpha value is -1.07. The average molecular weight is 327 g/mol. The van der Waals surface area contributed by atoms with Crippen LogP contribution in [-0.2, 0) is 4.79 Å². The van der Waals surface area contributed by atoms with Crippen molar-refractivity contribution >= 4 is 27.5 Å². The summed E-state index contributed by atoms with van der Waals surface area (Å²) in [5.41, 5.74) is 1.01. The Balaban J connectivity index is 2.32. The lowest BCUT2D eigenvalue weighted by Crippen LogP contribution is -2.45. The Morgan fingerprint density at radius 1 is 1.53 bits per heavy atom. The number of anilines is 1. The first-order valence-corrected chi connectivity index (χ1v) is 7.32. The minimum Gasteiger partial charge on any atom is -0.396 e. The average Bonchev–Trinajstić information content (AvgIpc) is 2.52. The maximum atomic E-state index is 12.1. The second kappa shape index (κ2) is 6.39. The fourth-order valence-corrected chi connectivity index (χ4v) is 2.80. The zero-order chi connectivity index (χ0) is 13.8. The van der Waals surface area contributed by atoms with Crippen molar-refractivity contribution in [2.45, 2.75) is 19.4 Å². The number of aliphatic hydroxyl groups excluding tert-OH is 1. The molecule has 1 fully saturated rings. The van der Waals surface area contributed by atoms with Gasteiger partial charge in [-0.3, -0.25) is 4.79 Å². The van der Waals surface area contributed by atoms with Crippen LogP contribution in [0.25, 0.3) is 0 Å². The van der Waals surface area contributed by atoms with Gasteiger partial charge in [-0.25, -0.2) is 0 Å². The second-order valence-corrected chi connectivity index (χ2v) is 5.93. The predicted molar refractivity (Wildman–Crippen MR) is 79.2 cm³/mol. The van der Waals surface area contributed by atoms with Gasteiger partial charge in [-0.15, -0.1) is 0 Å². The van der Waals surface area contributed by atoms with Crippen molar-refractivity contribution in [2.24, 2.45) is 5.92 Å². The lowest BCUT2D eigenvalue weighted by Gasteiger charge is -2.31. The lowest BCUT2D eigenvalue weighted by molar-refractivity contribution is -0.122. The molecule has 1 aromatic rings. The molecule has 0 saturated carbocycles. The van der Waals surface area contributed by atoms with E-state index < -0.39 is 0 Å². The van der Waals surface area contributed by atoms with Gasteiger partial charge in [-0.1, -0.05) is 28.9 Å². The Morgan fingerprint density at radius 3 is 3.00 bits per heavy atom. The van der Waals surface area contributed by atoms with Crippen molar-refractivity contribution in [3.8, 4) is 0 Å². The van der Waals surface area contributed by atoms with Crippen LogP contribution in [0.2, 0.25) is 0 Å². The summed E-state index contributed by atoms with van der Waals surface area (Å²) in [6.07, 6.45) is 0.449. The van der Waals surface area contributed by atoms with Crippen LogP contribution in [-0.4, -0.2) is 36.8 Å². The molecular weight excluding hydrogens is 308 g/mol. The first-order chi connectivity index (χ1) is 9.11. The minimum absolute atomic E-state index is 0.00150. The van der Waals surface area contributed by atoms with Gasteiger partial charge in [-0.05, 0) is 30.5 Å². The molecule has 2 atom stereocenters. The number of amides is 1. The molecule has 0 aromatic heterocycles. The molecule has 4 nitrogen and oxygen atoms in total. The van der Waals surface area contributed by atoms with Crippen molar-refractivity contribution in [3.05, 3.63) is 28.7 Å². The highest BCUT2D eigenvalue weighted by molar-refractivity contribution is 9.10. The molecule has 0 spiro atoms. The fraction of sp³-hybridized carbons (Fsp3) is 0.500. The van der Waals surface area contributed by atoms with Gasteiger partial charge in [-0.2, -0.15) is 0 Å². The molecule has 19 heavy (non-hydrogen) atoms. The maximum absolute atomic E-state index is 12.1. The predicted octanol–water partition coefficient (Wildman–Crippen LogP) is 1.77. The summed E-state index contributed by atoms with van der Waals surface area (Å²) in [5.74, 6) is 0.380. The summed E-state index contributed by atoms with van der Waals surface area (Å²) < 4.78 is 0.991. The minimum atomic E-state index is -0.302. The fourth-order valence-electron chi connectivity index (χ4n) is 2.41. The summed E-state index contributed by atoms with van der Waals surface area (Å²) in [4.78, 5) is 14.2. The highest BCUT2D eigenvalue weighted by Gasteiger charge is 2.30. The van der Waals surface area contributed by atoms with Crippen molar-refractivity contribution in [1.29, 1.82) is 0 Å². The van der Waals surface area contributed by atoms with Gasteiger partial charge < -0.3 is 15.3 Å². The molecular formula is C14H19BrN2O2. The molecule has 0 aliphatic carbocycles. The number of aliphatic hydroxyl groups is 1. The number of carbonyl (C=O) groups is 1. The molecule has 1 aliphatic heterocycles. The molecule has 0 radical (unpaired) electrons. The number of benzene rings is 1. The van der Waals surface area contributed by atoms with Crippen LogP contribution in [0.3, 0.4) is 0 Å². The Labute approximate surface area is 121 Å². The van der Waals surface area contributed by atoms with E-state index in [1.54, 1.807) is 0 Å². The van der Waals surface area contributed by atoms with E-state index in [2.05, 4.69) is 33.1 Å². The maximum Gasteiger partial charge on any atom is 0.242 e. The van der Waals surface area contributed by atoms with E-state index in [4.69, 9.17) is 0 Å². The summed E-state index contributed by atoms with van der Waals surface area (Å²) in [6, 6.07) is 7.63. The largest absolute Gasteiger partial charge is 0.396 e. The van der Waals surface area contributed by atoms with Crippen LogP contribution >= 0.6 is 15.9 Å². The number of hydrogen-bond donors (Lipinski definition) is 2. The first kappa shape index (κ1) is 14.3. The quantitative estimate of drug-likeness (QED) is 0.890. The molecule has 2 rings (SSSR count). The number of halogens is 1. The molecule has 1 heterocycles. The summed E-state index contributed by atoms with van der Waals surface area (Å²) in [7, 11) is 0. The van der Waals surface area contributed by atoms with Crippen LogP contribution in [0.15, 0.2) is 28.7 Å². The molecule has 1 aromatic carbocycles. The van der Waals surface area contributed by atoms with E-state index >= 15 is 0 Å². The number of rotatable bonds is 3. The Morgan fingerprint density at radius 2 is 2.32 bits per heavy atom. The third-order valence-electron chi connectivity index (χ3n) is 3.35. The second-order valence-electron chi connectivity index (χ2n) is 5.01. The van der Waals surface area contributed by atoms with Gasteiger partial charge in [0.25, 0.3) is 0 Å². The van der Waals surface area contributed by atoms with E-state index in [9.17, 15) is 9.90 Å². The van der Waals surface area contributed by atoms with Crippen molar-refractivity contribution in [3.63, 3.8) is 0 Å². The van der Waals surface area contributed by atoms with Gasteiger partial charge in [0.1, 0.15) is 6.04 Å². The smallest absolute Gasteiger partial charge is 0.242 e. The summed E-state index contributed by atoms with van der Waals surface area (Å²) >= 11 is 3.46. The molecule has 1 aliphatic rings. The lowest BCUT2D eigenvalue weighted by atomic mass is 10.1. The SMILES string of the molecule is CC1CNC(=O)C(CCO)N(c2cccc(Br)c2)C1. The van der Waals surface area contributed by atoms with Gasteiger partial charge in [0.2, 0.25) is 5.91 Å². The zero-order valence-electron chi connectivity index (χ0n) is 11.0. The number of hydrogen-bond acceptors (Lipinski definition) is 3. The van der Waals surface area contributed by atoms with Crippen molar-refractivity contribution in [2.75, 3.05) is 24.6 Å². The van der Waals surface area contributed by atoms with E-state index in [0.717, 1.165) is 16.7 Å². The first-order valence-electron chi connectivity index (χ1n) is 6.52. The van der Waals surface area contributed by atoms with Crippen LogP contribution in [0.5, 0.6) is 0 Å². The highest BCUT2D eigenvalue weighted by atomic mass is 79.9. The molecule has 0 bridgehead atoms. The Kier molecular flexibility index (Phi) is 4.82. The normalized spacial score (nSPS) is 23.9. The topological polar surface area (TPSA) is 52.6 Å². The Bertz CT molecular complexity index is 453. The van der Waals surface area contributed by atoms with E-state index in [1.165, 1.54) is 0 Å². The van der Waals surface area contributed by atoms with Crippen LogP contribution in [0, 0.1) is 5.92 Å². The van der Waals surface area contributed by atoms with Gasteiger partial charge in [0, 0.05) is 29.9 Å². The van der Waals surface area contributed by atoms with Crippen LogP contribution in [0.1, 0.15) is 13.3 Å². The molecule has 5 heteroatoms. The van der Waals surface area contributed by atoms with E-state index in [-0.39, 0.29) is 18.6 Å². The van der Waals surface area contributed by atoms with Crippen molar-refractivity contribution < 1.29 is 9.90 Å². The van der Waals surface area contributed by atoms with Gasteiger partial charge in [0.05, 0.1) is 0 Å². The highest BCUT2D eigenvalue weighted by Crippen LogP contribution is 2.25. The number of nitrogens with zero attached hydrogens (tertiary/aromatic N) is 1. The standard InChI is InChI=1S/C14H19BrN2O2/c1-10-8-16-14(19)13(5-6-18)17(9-10)12-4-2-3-11(15)7-12/h2-4,7,10,13,18H,5-6,8-9H2,1H3,(H,16,19). The summed E-state index contributed by atoms with van der Waals surface area (Å²) in [5, 5.41) is 12.1. The third-order valence-corrected chi connectivity index (χ3v) is 3.85. The van der Waals surface area contributed by atoms with Gasteiger partial charge in [0.15, 0.2) is 0 Å². The number of nitrogens with one attached hydrogen (secondary N) is 1. The van der Waals surface area contributed by atoms with Crippen LogP contribution < -0.4 is 10.2 Å². The van der Waals surface area contributed by atoms with E-state index in [1.807, 2.05) is 24.3 Å². The summed E-state index contributed by atoms with van der Waals surface area (Å²) in [6.45, 7) is 3.62. The molecule has 2 N–H and O–H groups in total. The van der Waals surface area contributed by atoms with E-state index in [0.29, 0.717) is 18.9 Å². The van der Waals surface area contributed by atoms with Crippen LogP contribution in [0.4, 0.5) is 5.69 Å². The zero-order valence-corrected chi connectivity index (χ0v) is 12.6.